The lowest BCUT2D eigenvalue weighted by atomic mass is 10.1. The monoisotopic (exact) mass is 339 g/mol. The van der Waals surface area contributed by atoms with Crippen molar-refractivity contribution in [3.8, 4) is 0 Å². The summed E-state index contributed by atoms with van der Waals surface area (Å²) in [6.07, 6.45) is 3.83. The van der Waals surface area contributed by atoms with Gasteiger partial charge in [-0.2, -0.15) is 0 Å². The second-order valence-corrected chi connectivity index (χ2v) is 5.50. The second-order valence-electron chi connectivity index (χ2n) is 5.50. The molecular weight excluding hydrogens is 321 g/mol. The average molecular weight is 339 g/mol. The minimum Gasteiger partial charge on any atom is -0.467 e. The molecule has 1 aromatic carbocycles. The van der Waals surface area contributed by atoms with Gasteiger partial charge in [-0.3, -0.25) is 4.79 Å². The summed E-state index contributed by atoms with van der Waals surface area (Å²) in [6, 6.07) is 13.3. The van der Waals surface area contributed by atoms with E-state index in [0.29, 0.717) is 30.9 Å². The molecule has 0 saturated carbocycles. The molecule has 0 aliphatic rings. The Hall–Kier alpha value is -3.15. The standard InChI is InChI=1S/C19H18FN3O2/c20-16-5-3-14(4-6-16)7-9-22-19(24)15-8-10-21-18(12-15)23-13-17-2-1-11-25-17/h1-6,8,10-12H,7,9,13H2,(H,21,23)(H,22,24). The number of carbonyl (C=O) groups excluding carboxylic acids is 1. The molecule has 0 unspecified atom stereocenters. The number of nitrogens with one attached hydrogen (secondary N) is 2. The Bertz CT molecular complexity index is 817. The summed E-state index contributed by atoms with van der Waals surface area (Å²) in [4.78, 5) is 16.4. The van der Waals surface area contributed by atoms with Crippen molar-refractivity contribution in [2.45, 2.75) is 13.0 Å². The van der Waals surface area contributed by atoms with Crippen LogP contribution in [0, 0.1) is 5.82 Å². The van der Waals surface area contributed by atoms with Crippen molar-refractivity contribution in [2.24, 2.45) is 0 Å². The van der Waals surface area contributed by atoms with Crippen LogP contribution >= 0.6 is 0 Å². The van der Waals surface area contributed by atoms with Crippen LogP contribution in [0.1, 0.15) is 21.7 Å². The molecule has 3 aromatic rings. The summed E-state index contributed by atoms with van der Waals surface area (Å²) in [6.45, 7) is 0.970. The van der Waals surface area contributed by atoms with Crippen molar-refractivity contribution >= 4 is 11.7 Å². The quantitative estimate of drug-likeness (QED) is 0.692. The van der Waals surface area contributed by atoms with Crippen LogP contribution in [0.4, 0.5) is 10.2 Å². The van der Waals surface area contributed by atoms with Crippen LogP contribution in [0.5, 0.6) is 0 Å². The lowest BCUT2D eigenvalue weighted by Gasteiger charge is -2.08. The highest BCUT2D eigenvalue weighted by Crippen LogP contribution is 2.10. The summed E-state index contributed by atoms with van der Waals surface area (Å²) >= 11 is 0. The van der Waals surface area contributed by atoms with Gasteiger partial charge in [0.1, 0.15) is 17.4 Å². The van der Waals surface area contributed by atoms with Crippen LogP contribution in [-0.4, -0.2) is 17.4 Å². The fourth-order valence-electron chi connectivity index (χ4n) is 2.33. The number of aromatic nitrogens is 1. The Balaban J connectivity index is 1.51. The number of pyridine rings is 1. The minimum absolute atomic E-state index is 0.175. The van der Waals surface area contributed by atoms with Crippen LogP contribution in [0.25, 0.3) is 0 Å². The van der Waals surface area contributed by atoms with Crippen LogP contribution < -0.4 is 10.6 Å². The summed E-state index contributed by atoms with van der Waals surface area (Å²) in [5.74, 6) is 0.947. The van der Waals surface area contributed by atoms with Crippen LogP contribution in [0.2, 0.25) is 0 Å². The van der Waals surface area contributed by atoms with Crippen molar-refractivity contribution in [2.75, 3.05) is 11.9 Å². The minimum atomic E-state index is -0.265. The molecule has 0 atom stereocenters. The number of benzene rings is 1. The predicted molar refractivity (Wildman–Crippen MR) is 92.7 cm³/mol. The van der Waals surface area contributed by atoms with Gasteiger partial charge < -0.3 is 15.1 Å². The molecule has 1 amide bonds. The molecule has 0 radical (unpaired) electrons. The van der Waals surface area contributed by atoms with E-state index in [9.17, 15) is 9.18 Å². The zero-order chi connectivity index (χ0) is 17.5. The lowest BCUT2D eigenvalue weighted by Crippen LogP contribution is -2.25. The van der Waals surface area contributed by atoms with E-state index >= 15 is 0 Å². The van der Waals surface area contributed by atoms with Crippen molar-refractivity contribution < 1.29 is 13.6 Å². The smallest absolute Gasteiger partial charge is 0.251 e. The molecule has 25 heavy (non-hydrogen) atoms. The molecule has 6 heteroatoms. The number of furan rings is 1. The SMILES string of the molecule is O=C(NCCc1ccc(F)cc1)c1ccnc(NCc2ccco2)c1. The summed E-state index contributed by atoms with van der Waals surface area (Å²) in [5, 5.41) is 5.96. The molecule has 2 N–H and O–H groups in total. The summed E-state index contributed by atoms with van der Waals surface area (Å²) < 4.78 is 18.1. The Labute approximate surface area is 144 Å². The first-order valence-corrected chi connectivity index (χ1v) is 7.96. The third kappa shape index (κ3) is 4.91. The molecule has 3 rings (SSSR count). The summed E-state index contributed by atoms with van der Waals surface area (Å²) in [5.41, 5.74) is 1.49. The Morgan fingerprint density at radius 1 is 1.16 bits per heavy atom. The molecule has 0 saturated heterocycles. The second kappa shape index (κ2) is 8.10. The van der Waals surface area contributed by atoms with Gasteiger partial charge in [-0.25, -0.2) is 9.37 Å². The van der Waals surface area contributed by atoms with Gasteiger partial charge in [-0.15, -0.1) is 0 Å². The van der Waals surface area contributed by atoms with E-state index in [1.165, 1.54) is 12.1 Å². The molecule has 2 aromatic heterocycles. The van der Waals surface area contributed by atoms with E-state index in [0.717, 1.165) is 11.3 Å². The van der Waals surface area contributed by atoms with Gasteiger partial charge in [0.2, 0.25) is 0 Å². The lowest BCUT2D eigenvalue weighted by molar-refractivity contribution is 0.0954. The third-order valence-electron chi connectivity index (χ3n) is 3.66. The maximum atomic E-state index is 12.9. The first-order chi connectivity index (χ1) is 12.2. The zero-order valence-electron chi connectivity index (χ0n) is 13.5. The average Bonchev–Trinajstić information content (AvgIpc) is 3.15. The Morgan fingerprint density at radius 3 is 2.76 bits per heavy atom. The van der Waals surface area contributed by atoms with Gasteiger partial charge in [0.05, 0.1) is 12.8 Å². The number of halogens is 1. The highest BCUT2D eigenvalue weighted by molar-refractivity contribution is 5.94. The highest BCUT2D eigenvalue weighted by atomic mass is 19.1. The van der Waals surface area contributed by atoms with Crippen LogP contribution in [0.15, 0.2) is 65.4 Å². The van der Waals surface area contributed by atoms with Gasteiger partial charge in [0.25, 0.3) is 5.91 Å². The van der Waals surface area contributed by atoms with E-state index in [4.69, 9.17) is 4.42 Å². The highest BCUT2D eigenvalue weighted by Gasteiger charge is 2.07. The van der Waals surface area contributed by atoms with E-state index in [1.807, 2.05) is 12.1 Å². The van der Waals surface area contributed by atoms with E-state index in [-0.39, 0.29) is 11.7 Å². The molecular formula is C19H18FN3O2. The number of carbonyl (C=O) groups is 1. The molecule has 128 valence electrons. The van der Waals surface area contributed by atoms with Gasteiger partial charge in [-0.05, 0) is 48.4 Å². The van der Waals surface area contributed by atoms with Crippen molar-refractivity contribution in [1.82, 2.24) is 10.3 Å². The van der Waals surface area contributed by atoms with Crippen molar-refractivity contribution in [1.29, 1.82) is 0 Å². The van der Waals surface area contributed by atoms with E-state index < -0.39 is 0 Å². The van der Waals surface area contributed by atoms with Crippen molar-refractivity contribution in [3.63, 3.8) is 0 Å². The zero-order valence-corrected chi connectivity index (χ0v) is 13.5. The van der Waals surface area contributed by atoms with E-state index in [2.05, 4.69) is 15.6 Å². The first-order valence-electron chi connectivity index (χ1n) is 7.96. The largest absolute Gasteiger partial charge is 0.467 e. The number of amides is 1. The predicted octanol–water partition coefficient (Wildman–Crippen LogP) is 3.40. The topological polar surface area (TPSA) is 67.2 Å². The summed E-state index contributed by atoms with van der Waals surface area (Å²) in [7, 11) is 0. The van der Waals surface area contributed by atoms with Crippen LogP contribution in [-0.2, 0) is 13.0 Å². The molecule has 5 nitrogen and oxygen atoms in total. The molecule has 0 bridgehead atoms. The normalized spacial score (nSPS) is 10.4. The molecule has 0 aliphatic carbocycles. The van der Waals surface area contributed by atoms with E-state index in [1.54, 1.807) is 36.7 Å². The number of anilines is 1. The molecule has 0 fully saturated rings. The molecule has 2 heterocycles. The number of rotatable bonds is 7. The van der Waals surface area contributed by atoms with Gasteiger partial charge in [0.15, 0.2) is 0 Å². The van der Waals surface area contributed by atoms with Crippen molar-refractivity contribution in [3.05, 3.63) is 83.7 Å². The fraction of sp³-hybridized carbons (Fsp3) is 0.158. The number of hydrogen-bond donors (Lipinski definition) is 2. The van der Waals surface area contributed by atoms with Crippen LogP contribution in [0.3, 0.4) is 0 Å². The fourth-order valence-corrected chi connectivity index (χ4v) is 2.33. The Kier molecular flexibility index (Phi) is 5.41. The Morgan fingerprint density at radius 2 is 2.00 bits per heavy atom. The molecule has 0 spiro atoms. The van der Waals surface area contributed by atoms with Gasteiger partial charge in [-0.1, -0.05) is 12.1 Å². The molecule has 0 aliphatic heterocycles. The van der Waals surface area contributed by atoms with Gasteiger partial charge >= 0.3 is 0 Å². The maximum Gasteiger partial charge on any atom is 0.251 e. The van der Waals surface area contributed by atoms with Gasteiger partial charge in [0, 0.05) is 18.3 Å². The third-order valence-corrected chi connectivity index (χ3v) is 3.66. The number of hydrogen-bond acceptors (Lipinski definition) is 4. The number of nitrogens with zero attached hydrogens (tertiary/aromatic N) is 1. The first kappa shape index (κ1) is 16.7. The maximum absolute atomic E-state index is 12.9.